The summed E-state index contributed by atoms with van der Waals surface area (Å²) in [5, 5.41) is 12.4. The molecule has 0 aromatic carbocycles. The van der Waals surface area contributed by atoms with Gasteiger partial charge in [-0.2, -0.15) is 0 Å². The van der Waals surface area contributed by atoms with Crippen LogP contribution in [0.1, 0.15) is 13.8 Å². The fourth-order valence-corrected chi connectivity index (χ4v) is 1.37. The van der Waals surface area contributed by atoms with Gasteiger partial charge in [0.15, 0.2) is 0 Å². The highest BCUT2D eigenvalue weighted by Crippen LogP contribution is 1.90. The fourth-order valence-electron chi connectivity index (χ4n) is 1.37. The van der Waals surface area contributed by atoms with Crippen LogP contribution in [-0.4, -0.2) is 74.4 Å². The molecule has 0 aromatic heterocycles. The Kier molecular flexibility index (Phi) is 7.96. The highest BCUT2D eigenvalue weighted by molar-refractivity contribution is 4.67. The van der Waals surface area contributed by atoms with Gasteiger partial charge in [0.05, 0.1) is 6.10 Å². The van der Waals surface area contributed by atoms with E-state index in [1.165, 1.54) is 0 Å². The number of aliphatic hydroxyl groups is 1. The van der Waals surface area contributed by atoms with Gasteiger partial charge >= 0.3 is 0 Å². The van der Waals surface area contributed by atoms with Crippen LogP contribution in [0.2, 0.25) is 0 Å². The van der Waals surface area contributed by atoms with Crippen LogP contribution in [0.4, 0.5) is 0 Å². The number of nitrogens with one attached hydrogen (secondary N) is 1. The van der Waals surface area contributed by atoms with Gasteiger partial charge < -0.3 is 20.2 Å². The molecule has 0 aromatic rings. The summed E-state index contributed by atoms with van der Waals surface area (Å²) in [7, 11) is 6.30. The molecule has 0 fully saturated rings. The lowest BCUT2D eigenvalue weighted by Gasteiger charge is -2.24. The normalized spacial score (nSPS) is 16.0. The van der Waals surface area contributed by atoms with Crippen LogP contribution in [0.3, 0.4) is 0 Å². The van der Waals surface area contributed by atoms with Crippen LogP contribution in [-0.2, 0) is 0 Å². The topological polar surface area (TPSA) is 38.7 Å². The van der Waals surface area contributed by atoms with Crippen molar-refractivity contribution >= 4 is 0 Å². The van der Waals surface area contributed by atoms with Crippen LogP contribution < -0.4 is 5.32 Å². The predicted molar refractivity (Wildman–Crippen MR) is 65.2 cm³/mol. The van der Waals surface area contributed by atoms with Gasteiger partial charge in [0.1, 0.15) is 0 Å². The van der Waals surface area contributed by atoms with Crippen molar-refractivity contribution in [2.24, 2.45) is 0 Å². The van der Waals surface area contributed by atoms with E-state index in [0.29, 0.717) is 12.6 Å². The van der Waals surface area contributed by atoms with Crippen LogP contribution in [0, 0.1) is 0 Å². The van der Waals surface area contributed by atoms with E-state index in [4.69, 9.17) is 5.11 Å². The first kappa shape index (κ1) is 14.8. The van der Waals surface area contributed by atoms with E-state index >= 15 is 0 Å². The highest BCUT2D eigenvalue weighted by Gasteiger charge is 2.06. The van der Waals surface area contributed by atoms with Gasteiger partial charge in [-0.05, 0) is 35.0 Å². The molecule has 0 rings (SSSR count). The second-order valence-electron chi connectivity index (χ2n) is 4.72. The van der Waals surface area contributed by atoms with Gasteiger partial charge in [0.25, 0.3) is 0 Å². The number of nitrogens with zero attached hydrogens (tertiary/aromatic N) is 2. The molecule has 0 aliphatic heterocycles. The Hall–Kier alpha value is -0.160. The third-order valence-electron chi connectivity index (χ3n) is 2.28. The van der Waals surface area contributed by atoms with Crippen LogP contribution >= 0.6 is 0 Å². The first-order chi connectivity index (χ1) is 6.91. The van der Waals surface area contributed by atoms with Crippen molar-refractivity contribution in [2.75, 3.05) is 47.3 Å². The van der Waals surface area contributed by atoms with Crippen LogP contribution in [0.15, 0.2) is 0 Å². The number of hydrogen-bond acceptors (Lipinski definition) is 4. The van der Waals surface area contributed by atoms with E-state index in [9.17, 15) is 0 Å². The molecule has 4 nitrogen and oxygen atoms in total. The Balaban J connectivity index is 3.52. The Bertz CT molecular complexity index is 135. The molecule has 0 aliphatic rings. The molecular formula is C11H27N3O. The Morgan fingerprint density at radius 3 is 2.20 bits per heavy atom. The van der Waals surface area contributed by atoms with Crippen molar-refractivity contribution in [1.29, 1.82) is 0 Å². The third-order valence-corrected chi connectivity index (χ3v) is 2.28. The predicted octanol–water partition coefficient (Wildman–Crippen LogP) is -0.161. The lowest BCUT2D eigenvalue weighted by Crippen LogP contribution is -2.41. The summed E-state index contributed by atoms with van der Waals surface area (Å²) >= 11 is 0. The maximum Gasteiger partial charge on any atom is 0.0636 e. The van der Waals surface area contributed by atoms with Crippen molar-refractivity contribution in [3.63, 3.8) is 0 Å². The minimum absolute atomic E-state index is 0.264. The standard InChI is InChI=1S/C11H27N3O/c1-10(12-8-11(2)15)9-14(5)7-6-13(3)4/h10-12,15H,6-9H2,1-5H3. The first-order valence-corrected chi connectivity index (χ1v) is 5.66. The van der Waals surface area contributed by atoms with Gasteiger partial charge in [0, 0.05) is 32.2 Å². The van der Waals surface area contributed by atoms with Crippen molar-refractivity contribution in [1.82, 2.24) is 15.1 Å². The zero-order chi connectivity index (χ0) is 11.8. The molecule has 4 heteroatoms. The number of likely N-dealkylation sites (N-methyl/N-ethyl adjacent to an activating group) is 2. The van der Waals surface area contributed by atoms with E-state index in [-0.39, 0.29) is 6.10 Å². The molecule has 0 heterocycles. The zero-order valence-corrected chi connectivity index (χ0v) is 10.8. The van der Waals surface area contributed by atoms with Crippen LogP contribution in [0.25, 0.3) is 0 Å². The van der Waals surface area contributed by atoms with E-state index in [1.807, 2.05) is 0 Å². The monoisotopic (exact) mass is 217 g/mol. The Morgan fingerprint density at radius 1 is 1.13 bits per heavy atom. The average molecular weight is 217 g/mol. The quantitative estimate of drug-likeness (QED) is 0.592. The van der Waals surface area contributed by atoms with Crippen molar-refractivity contribution in [2.45, 2.75) is 26.0 Å². The van der Waals surface area contributed by atoms with E-state index < -0.39 is 0 Å². The summed E-state index contributed by atoms with van der Waals surface area (Å²) in [6.45, 7) is 7.79. The summed E-state index contributed by atoms with van der Waals surface area (Å²) in [5.74, 6) is 0. The highest BCUT2D eigenvalue weighted by atomic mass is 16.3. The van der Waals surface area contributed by atoms with Gasteiger partial charge in [-0.15, -0.1) is 0 Å². The molecule has 0 spiro atoms. The van der Waals surface area contributed by atoms with Gasteiger partial charge in [-0.3, -0.25) is 0 Å². The largest absolute Gasteiger partial charge is 0.392 e. The summed E-state index contributed by atoms with van der Waals surface area (Å²) in [6.07, 6.45) is -0.264. The lowest BCUT2D eigenvalue weighted by atomic mass is 10.3. The van der Waals surface area contributed by atoms with E-state index in [0.717, 1.165) is 19.6 Å². The Morgan fingerprint density at radius 2 is 1.73 bits per heavy atom. The molecular weight excluding hydrogens is 190 g/mol. The maximum absolute atomic E-state index is 9.13. The molecule has 92 valence electrons. The SMILES string of the molecule is CC(O)CNC(C)CN(C)CCN(C)C. The minimum Gasteiger partial charge on any atom is -0.392 e. The molecule has 2 unspecified atom stereocenters. The number of hydrogen-bond donors (Lipinski definition) is 2. The van der Waals surface area contributed by atoms with Gasteiger partial charge in [-0.25, -0.2) is 0 Å². The maximum atomic E-state index is 9.13. The fraction of sp³-hybridized carbons (Fsp3) is 1.00. The summed E-state index contributed by atoms with van der Waals surface area (Å²) in [5.41, 5.74) is 0. The second kappa shape index (κ2) is 8.05. The van der Waals surface area contributed by atoms with Gasteiger partial charge in [0.2, 0.25) is 0 Å². The van der Waals surface area contributed by atoms with Gasteiger partial charge in [-0.1, -0.05) is 0 Å². The number of aliphatic hydroxyl groups excluding tert-OH is 1. The average Bonchev–Trinajstić information content (AvgIpc) is 2.11. The zero-order valence-electron chi connectivity index (χ0n) is 10.8. The molecule has 2 N–H and O–H groups in total. The molecule has 0 amide bonds. The van der Waals surface area contributed by atoms with E-state index in [2.05, 4.69) is 43.2 Å². The molecule has 0 saturated carbocycles. The molecule has 0 radical (unpaired) electrons. The molecule has 15 heavy (non-hydrogen) atoms. The van der Waals surface area contributed by atoms with Crippen molar-refractivity contribution < 1.29 is 5.11 Å². The smallest absolute Gasteiger partial charge is 0.0636 e. The molecule has 2 atom stereocenters. The summed E-state index contributed by atoms with van der Waals surface area (Å²) in [4.78, 5) is 4.49. The van der Waals surface area contributed by atoms with Crippen molar-refractivity contribution in [3.8, 4) is 0 Å². The molecule has 0 bridgehead atoms. The molecule has 0 aliphatic carbocycles. The van der Waals surface area contributed by atoms with Crippen molar-refractivity contribution in [3.05, 3.63) is 0 Å². The lowest BCUT2D eigenvalue weighted by molar-refractivity contribution is 0.180. The minimum atomic E-state index is -0.264. The number of rotatable bonds is 8. The third kappa shape index (κ3) is 10.1. The van der Waals surface area contributed by atoms with Crippen LogP contribution in [0.5, 0.6) is 0 Å². The summed E-state index contributed by atoms with van der Waals surface area (Å²) < 4.78 is 0. The second-order valence-corrected chi connectivity index (χ2v) is 4.72. The Labute approximate surface area is 94.3 Å². The summed E-state index contributed by atoms with van der Waals surface area (Å²) in [6, 6.07) is 0.423. The first-order valence-electron chi connectivity index (χ1n) is 5.66. The van der Waals surface area contributed by atoms with E-state index in [1.54, 1.807) is 6.92 Å². The molecule has 0 saturated heterocycles.